The summed E-state index contributed by atoms with van der Waals surface area (Å²) in [7, 11) is 0. The van der Waals surface area contributed by atoms with Gasteiger partial charge in [-0.2, -0.15) is 0 Å². The molecule has 120 valence electrons. The van der Waals surface area contributed by atoms with Crippen molar-refractivity contribution < 1.29 is 13.6 Å². The van der Waals surface area contributed by atoms with Crippen LogP contribution in [-0.4, -0.2) is 41.9 Å². The molecule has 0 aliphatic carbocycles. The zero-order valence-corrected chi connectivity index (χ0v) is 12.9. The van der Waals surface area contributed by atoms with Crippen molar-refractivity contribution in [2.45, 2.75) is 32.7 Å². The van der Waals surface area contributed by atoms with Crippen LogP contribution in [0.3, 0.4) is 0 Å². The molecular weight excluding hydrogens is 286 g/mol. The van der Waals surface area contributed by atoms with E-state index in [4.69, 9.17) is 0 Å². The average molecular weight is 308 g/mol. The van der Waals surface area contributed by atoms with Crippen molar-refractivity contribution in [1.82, 2.24) is 9.80 Å². The number of likely N-dealkylation sites (tertiary alicyclic amines) is 2. The third kappa shape index (κ3) is 3.00. The summed E-state index contributed by atoms with van der Waals surface area (Å²) in [4.78, 5) is 16.5. The molecule has 22 heavy (non-hydrogen) atoms. The summed E-state index contributed by atoms with van der Waals surface area (Å²) >= 11 is 0. The Morgan fingerprint density at radius 3 is 2.55 bits per heavy atom. The summed E-state index contributed by atoms with van der Waals surface area (Å²) in [5, 5.41) is 0. The van der Waals surface area contributed by atoms with Crippen LogP contribution in [-0.2, 0) is 11.3 Å². The number of nitrogens with zero attached hydrogens (tertiary/aromatic N) is 2. The lowest BCUT2D eigenvalue weighted by Crippen LogP contribution is -2.41. The van der Waals surface area contributed by atoms with Crippen LogP contribution in [0.25, 0.3) is 0 Å². The fourth-order valence-electron chi connectivity index (χ4n) is 3.66. The van der Waals surface area contributed by atoms with E-state index in [0.29, 0.717) is 18.5 Å². The van der Waals surface area contributed by atoms with Gasteiger partial charge in [0.25, 0.3) is 0 Å². The van der Waals surface area contributed by atoms with Crippen LogP contribution < -0.4 is 0 Å². The summed E-state index contributed by atoms with van der Waals surface area (Å²) < 4.78 is 26.3. The summed E-state index contributed by atoms with van der Waals surface area (Å²) in [6, 6.07) is 3.87. The van der Waals surface area contributed by atoms with Gasteiger partial charge in [-0.25, -0.2) is 8.78 Å². The predicted molar refractivity (Wildman–Crippen MR) is 80.2 cm³/mol. The zero-order valence-electron chi connectivity index (χ0n) is 12.9. The van der Waals surface area contributed by atoms with Gasteiger partial charge in [-0.1, -0.05) is 13.0 Å². The largest absolute Gasteiger partial charge is 0.338 e. The summed E-state index contributed by atoms with van der Waals surface area (Å²) in [5.74, 6) is -1.57. The Bertz CT molecular complexity index is 568. The van der Waals surface area contributed by atoms with Crippen molar-refractivity contribution in [3.8, 4) is 0 Å². The highest BCUT2D eigenvalue weighted by Crippen LogP contribution is 2.41. The maximum atomic E-state index is 13.3. The van der Waals surface area contributed by atoms with Crippen LogP contribution in [0.15, 0.2) is 18.2 Å². The standard InChI is InChI=1S/C17H22F2N2O/c1-2-20-7-5-17(6-8-20)10-16(22)21(12-17)11-13-3-4-14(18)15(19)9-13/h3-4,9H,2,5-8,10-12H2,1H3. The highest BCUT2D eigenvalue weighted by Gasteiger charge is 2.44. The predicted octanol–water partition coefficient (Wildman–Crippen LogP) is 2.80. The summed E-state index contributed by atoms with van der Waals surface area (Å²) in [6.45, 7) is 6.42. The van der Waals surface area contributed by atoms with Gasteiger partial charge in [-0.05, 0) is 55.6 Å². The maximum absolute atomic E-state index is 13.3. The minimum atomic E-state index is -0.852. The smallest absolute Gasteiger partial charge is 0.223 e. The SMILES string of the molecule is CCN1CCC2(CC1)CC(=O)N(Cc1ccc(F)c(F)c1)C2. The Kier molecular flexibility index (Phi) is 4.17. The molecule has 1 spiro atoms. The number of piperidine rings is 1. The number of amides is 1. The van der Waals surface area contributed by atoms with Crippen LogP contribution in [0.5, 0.6) is 0 Å². The lowest BCUT2D eigenvalue weighted by Gasteiger charge is -2.38. The molecule has 3 nitrogen and oxygen atoms in total. The molecule has 2 aliphatic rings. The number of carbonyl (C=O) groups is 1. The van der Waals surface area contributed by atoms with Gasteiger partial charge in [0.05, 0.1) is 0 Å². The molecule has 3 rings (SSSR count). The highest BCUT2D eigenvalue weighted by molar-refractivity contribution is 5.79. The number of carbonyl (C=O) groups excluding carboxylic acids is 1. The molecule has 1 amide bonds. The third-order valence-corrected chi connectivity index (χ3v) is 5.13. The molecule has 2 fully saturated rings. The normalized spacial score (nSPS) is 21.8. The van der Waals surface area contributed by atoms with Crippen molar-refractivity contribution in [2.75, 3.05) is 26.2 Å². The van der Waals surface area contributed by atoms with E-state index in [-0.39, 0.29) is 11.3 Å². The number of rotatable bonds is 3. The molecule has 0 saturated carbocycles. The van der Waals surface area contributed by atoms with Crippen molar-refractivity contribution in [3.63, 3.8) is 0 Å². The third-order valence-electron chi connectivity index (χ3n) is 5.13. The number of hydrogen-bond acceptors (Lipinski definition) is 2. The Morgan fingerprint density at radius 2 is 1.91 bits per heavy atom. The lowest BCUT2D eigenvalue weighted by atomic mass is 9.77. The van der Waals surface area contributed by atoms with E-state index in [1.807, 2.05) is 0 Å². The van der Waals surface area contributed by atoms with E-state index in [0.717, 1.165) is 45.1 Å². The second-order valence-corrected chi connectivity index (χ2v) is 6.61. The molecule has 1 aromatic rings. The van der Waals surface area contributed by atoms with E-state index in [2.05, 4.69) is 11.8 Å². The first kappa shape index (κ1) is 15.4. The van der Waals surface area contributed by atoms with E-state index in [1.54, 1.807) is 11.0 Å². The van der Waals surface area contributed by atoms with Crippen molar-refractivity contribution in [1.29, 1.82) is 0 Å². The zero-order chi connectivity index (χ0) is 15.7. The fraction of sp³-hybridized carbons (Fsp3) is 0.588. The average Bonchev–Trinajstić information content (AvgIpc) is 2.80. The number of halogens is 2. The highest BCUT2D eigenvalue weighted by atomic mass is 19.2. The Labute approximate surface area is 129 Å². The van der Waals surface area contributed by atoms with Crippen molar-refractivity contribution >= 4 is 5.91 Å². The number of hydrogen-bond donors (Lipinski definition) is 0. The number of benzene rings is 1. The van der Waals surface area contributed by atoms with Crippen LogP contribution in [0.1, 0.15) is 31.7 Å². The monoisotopic (exact) mass is 308 g/mol. The first-order valence-corrected chi connectivity index (χ1v) is 7.95. The molecule has 5 heteroatoms. The van der Waals surface area contributed by atoms with Crippen molar-refractivity contribution in [3.05, 3.63) is 35.4 Å². The Morgan fingerprint density at radius 1 is 1.18 bits per heavy atom. The van der Waals surface area contributed by atoms with Gasteiger partial charge in [-0.15, -0.1) is 0 Å². The van der Waals surface area contributed by atoms with Gasteiger partial charge in [0.1, 0.15) is 0 Å². The molecule has 0 radical (unpaired) electrons. The molecule has 0 aromatic heterocycles. The second kappa shape index (κ2) is 5.95. The van der Waals surface area contributed by atoms with Crippen LogP contribution in [0, 0.1) is 17.0 Å². The van der Waals surface area contributed by atoms with Crippen molar-refractivity contribution in [2.24, 2.45) is 5.41 Å². The first-order chi connectivity index (χ1) is 10.5. The summed E-state index contributed by atoms with van der Waals surface area (Å²) in [5.41, 5.74) is 0.733. The fourth-order valence-corrected chi connectivity index (χ4v) is 3.66. The minimum Gasteiger partial charge on any atom is -0.338 e. The molecular formula is C17H22F2N2O. The van der Waals surface area contributed by atoms with Gasteiger partial charge in [0.15, 0.2) is 11.6 Å². The molecule has 2 aliphatic heterocycles. The second-order valence-electron chi connectivity index (χ2n) is 6.61. The van der Waals surface area contributed by atoms with Gasteiger partial charge in [-0.3, -0.25) is 4.79 Å². The lowest BCUT2D eigenvalue weighted by molar-refractivity contribution is -0.128. The van der Waals surface area contributed by atoms with E-state index < -0.39 is 11.6 Å². The molecule has 2 heterocycles. The summed E-state index contributed by atoms with van der Waals surface area (Å²) in [6.07, 6.45) is 2.68. The Hall–Kier alpha value is -1.49. The quantitative estimate of drug-likeness (QED) is 0.857. The van der Waals surface area contributed by atoms with Gasteiger partial charge in [0.2, 0.25) is 5.91 Å². The van der Waals surface area contributed by atoms with E-state index >= 15 is 0 Å². The maximum Gasteiger partial charge on any atom is 0.223 e. The molecule has 0 atom stereocenters. The topological polar surface area (TPSA) is 23.6 Å². The van der Waals surface area contributed by atoms with Gasteiger partial charge < -0.3 is 9.80 Å². The van der Waals surface area contributed by atoms with Crippen LogP contribution in [0.4, 0.5) is 8.78 Å². The van der Waals surface area contributed by atoms with Crippen LogP contribution >= 0.6 is 0 Å². The Balaban J connectivity index is 1.66. The molecule has 0 N–H and O–H groups in total. The van der Waals surface area contributed by atoms with Gasteiger partial charge >= 0.3 is 0 Å². The minimum absolute atomic E-state index is 0.0847. The van der Waals surface area contributed by atoms with Crippen LogP contribution in [0.2, 0.25) is 0 Å². The van der Waals surface area contributed by atoms with E-state index in [1.165, 1.54) is 6.07 Å². The molecule has 2 saturated heterocycles. The molecule has 0 bridgehead atoms. The van der Waals surface area contributed by atoms with Gasteiger partial charge in [0, 0.05) is 19.5 Å². The first-order valence-electron chi connectivity index (χ1n) is 7.95. The van der Waals surface area contributed by atoms with E-state index in [9.17, 15) is 13.6 Å². The molecule has 1 aromatic carbocycles. The molecule has 0 unspecified atom stereocenters.